The Balaban J connectivity index is 1.57. The fourth-order valence-corrected chi connectivity index (χ4v) is 7.68. The van der Waals surface area contributed by atoms with Crippen molar-refractivity contribution in [3.05, 3.63) is 35.9 Å². The average Bonchev–Trinajstić information content (AvgIpc) is 2.73. The van der Waals surface area contributed by atoms with Crippen LogP contribution in [-0.2, 0) is 14.4 Å². The van der Waals surface area contributed by atoms with Gasteiger partial charge in [-0.3, -0.25) is 14.4 Å². The van der Waals surface area contributed by atoms with Gasteiger partial charge in [0.15, 0.2) is 5.78 Å². The molecule has 0 bridgehead atoms. The molecule has 5 rings (SSSR count). The maximum absolute atomic E-state index is 13.7. The number of carbonyl (C=O) groups excluding carboxylic acids is 3. The number of aliphatic hydroxyl groups excluding tert-OH is 3. The minimum absolute atomic E-state index is 0.0127. The van der Waals surface area contributed by atoms with Crippen LogP contribution >= 0.6 is 0 Å². The van der Waals surface area contributed by atoms with Crippen molar-refractivity contribution in [3.8, 4) is 0 Å². The Kier molecular flexibility index (Phi) is 5.47. The van der Waals surface area contributed by atoms with Crippen LogP contribution in [0.5, 0.6) is 0 Å². The standard InChI is InChI=1S/C25H31NO6/c26-25(32)21-16(28)10-12-9-14-17(11-5-2-1-3-6-11)13-7-4-8-15(27)19(13)24(31)20(14)22(29)18(12)23(21)30/h1-3,5-6,12-22,27-29H,4,7-10H2,(H2,26,32)/t12?,13?,14?,15?,16?,17-,18?,19?,20?,21?,22?/m1/s1. The van der Waals surface area contributed by atoms with Crippen molar-refractivity contribution >= 4 is 17.5 Å². The number of hydrogen-bond acceptors (Lipinski definition) is 6. The summed E-state index contributed by atoms with van der Waals surface area (Å²) in [5.41, 5.74) is 6.46. The zero-order valence-electron chi connectivity index (χ0n) is 17.9. The minimum Gasteiger partial charge on any atom is -0.392 e. The molecule has 172 valence electrons. The van der Waals surface area contributed by atoms with E-state index in [2.05, 4.69) is 0 Å². The summed E-state index contributed by atoms with van der Waals surface area (Å²) in [4.78, 5) is 38.6. The third kappa shape index (κ3) is 3.17. The number of carbonyl (C=O) groups is 3. The van der Waals surface area contributed by atoms with Crippen LogP contribution in [0.4, 0.5) is 0 Å². The van der Waals surface area contributed by atoms with Crippen molar-refractivity contribution in [2.24, 2.45) is 47.2 Å². The quantitative estimate of drug-likeness (QED) is 0.501. The van der Waals surface area contributed by atoms with Crippen molar-refractivity contribution in [1.82, 2.24) is 0 Å². The normalized spacial score (nSPS) is 46.0. The van der Waals surface area contributed by atoms with Gasteiger partial charge in [0.05, 0.1) is 18.3 Å². The summed E-state index contributed by atoms with van der Waals surface area (Å²) in [7, 11) is 0. The second kappa shape index (κ2) is 8.04. The van der Waals surface area contributed by atoms with Gasteiger partial charge >= 0.3 is 0 Å². The van der Waals surface area contributed by atoms with Gasteiger partial charge in [-0.1, -0.05) is 36.8 Å². The molecular weight excluding hydrogens is 410 g/mol. The summed E-state index contributed by atoms with van der Waals surface area (Å²) >= 11 is 0. The Bertz CT molecular complexity index is 918. The highest BCUT2D eigenvalue weighted by Gasteiger charge is 2.62. The number of fused-ring (bicyclic) bond motifs is 3. The highest BCUT2D eigenvalue weighted by molar-refractivity contribution is 6.03. The fraction of sp³-hybridized carbons (Fsp3) is 0.640. The minimum atomic E-state index is -1.35. The van der Waals surface area contributed by atoms with Crippen molar-refractivity contribution < 1.29 is 29.7 Å². The lowest BCUT2D eigenvalue weighted by atomic mass is 9.47. The molecule has 0 heterocycles. The van der Waals surface area contributed by atoms with E-state index in [1.54, 1.807) is 0 Å². The van der Waals surface area contributed by atoms with Crippen LogP contribution in [0, 0.1) is 41.4 Å². The zero-order valence-corrected chi connectivity index (χ0v) is 17.9. The van der Waals surface area contributed by atoms with Gasteiger partial charge in [0.1, 0.15) is 11.7 Å². The number of Topliss-reactive ketones (excluding diaryl/α,β-unsaturated/α-hetero) is 2. The number of aliphatic hydroxyl groups is 3. The lowest BCUT2D eigenvalue weighted by Crippen LogP contribution is -2.63. The van der Waals surface area contributed by atoms with Gasteiger partial charge in [-0.2, -0.15) is 0 Å². The number of hydrogen-bond donors (Lipinski definition) is 4. The first-order chi connectivity index (χ1) is 15.3. The van der Waals surface area contributed by atoms with Gasteiger partial charge in [0, 0.05) is 17.8 Å². The molecule has 11 atom stereocenters. The van der Waals surface area contributed by atoms with E-state index in [0.29, 0.717) is 12.8 Å². The van der Waals surface area contributed by atoms with Crippen LogP contribution in [0.2, 0.25) is 0 Å². The van der Waals surface area contributed by atoms with E-state index in [0.717, 1.165) is 18.4 Å². The number of amides is 1. The molecule has 0 saturated heterocycles. The summed E-state index contributed by atoms with van der Waals surface area (Å²) in [6.07, 6.45) is -0.183. The average molecular weight is 442 g/mol. The number of ketones is 2. The van der Waals surface area contributed by atoms with Crippen LogP contribution in [-0.4, -0.2) is 51.1 Å². The summed E-state index contributed by atoms with van der Waals surface area (Å²) in [6, 6.07) is 9.94. The van der Waals surface area contributed by atoms with Gasteiger partial charge < -0.3 is 21.1 Å². The number of rotatable bonds is 2. The van der Waals surface area contributed by atoms with E-state index >= 15 is 0 Å². The third-order valence-electron chi connectivity index (χ3n) is 8.83. The summed E-state index contributed by atoms with van der Waals surface area (Å²) in [5, 5.41) is 32.7. The molecule has 4 fully saturated rings. The number of primary amides is 1. The largest absolute Gasteiger partial charge is 0.392 e. The predicted octanol–water partition coefficient (Wildman–Crippen LogP) is 0.795. The molecule has 1 aromatic carbocycles. The molecular formula is C25H31NO6. The Morgan fingerprint density at radius 3 is 2.22 bits per heavy atom. The molecule has 4 saturated carbocycles. The molecule has 4 aliphatic rings. The van der Waals surface area contributed by atoms with Crippen LogP contribution < -0.4 is 5.73 Å². The summed E-state index contributed by atoms with van der Waals surface area (Å²) in [5.74, 6) is -5.70. The first kappa shape index (κ1) is 21.7. The molecule has 0 radical (unpaired) electrons. The molecule has 0 aromatic heterocycles. The van der Waals surface area contributed by atoms with Crippen molar-refractivity contribution in [3.63, 3.8) is 0 Å². The topological polar surface area (TPSA) is 138 Å². The molecule has 32 heavy (non-hydrogen) atoms. The van der Waals surface area contributed by atoms with E-state index in [4.69, 9.17) is 5.73 Å². The smallest absolute Gasteiger partial charge is 0.230 e. The Morgan fingerprint density at radius 2 is 1.53 bits per heavy atom. The molecule has 7 heteroatoms. The monoisotopic (exact) mass is 441 g/mol. The molecule has 4 aliphatic carbocycles. The van der Waals surface area contributed by atoms with Gasteiger partial charge in [-0.05, 0) is 54.9 Å². The Labute approximate surface area is 187 Å². The maximum atomic E-state index is 13.7. The first-order valence-electron chi connectivity index (χ1n) is 11.8. The molecule has 5 N–H and O–H groups in total. The van der Waals surface area contributed by atoms with Gasteiger partial charge in [0.2, 0.25) is 5.91 Å². The summed E-state index contributed by atoms with van der Waals surface area (Å²) in [6.45, 7) is 0. The lowest BCUT2D eigenvalue weighted by molar-refractivity contribution is -0.173. The Morgan fingerprint density at radius 1 is 0.812 bits per heavy atom. The van der Waals surface area contributed by atoms with Crippen LogP contribution in [0.1, 0.15) is 43.6 Å². The van der Waals surface area contributed by atoms with Gasteiger partial charge in [-0.25, -0.2) is 0 Å². The molecule has 0 spiro atoms. The van der Waals surface area contributed by atoms with E-state index in [1.165, 1.54) is 0 Å². The van der Waals surface area contributed by atoms with Crippen LogP contribution in [0.3, 0.4) is 0 Å². The highest BCUT2D eigenvalue weighted by Crippen LogP contribution is 2.58. The first-order valence-corrected chi connectivity index (χ1v) is 11.8. The molecule has 10 unspecified atom stereocenters. The molecule has 0 aliphatic heterocycles. The Hall–Kier alpha value is -2.09. The number of nitrogens with two attached hydrogens (primary N) is 1. The predicted molar refractivity (Wildman–Crippen MR) is 114 cm³/mol. The van der Waals surface area contributed by atoms with Gasteiger partial charge in [0.25, 0.3) is 0 Å². The maximum Gasteiger partial charge on any atom is 0.230 e. The van der Waals surface area contributed by atoms with Crippen molar-refractivity contribution in [2.75, 3.05) is 0 Å². The second-order valence-electron chi connectivity index (χ2n) is 10.3. The fourth-order valence-electron chi connectivity index (χ4n) is 7.68. The number of benzene rings is 1. The van der Waals surface area contributed by atoms with Crippen molar-refractivity contribution in [2.45, 2.75) is 56.3 Å². The van der Waals surface area contributed by atoms with Gasteiger partial charge in [-0.15, -0.1) is 0 Å². The van der Waals surface area contributed by atoms with E-state index in [9.17, 15) is 29.7 Å². The van der Waals surface area contributed by atoms with E-state index in [-0.39, 0.29) is 35.9 Å². The SMILES string of the molecule is NC(=O)C1C(=O)C2C(CC1O)CC1C(C(=O)C3C(O)CCCC3[C@H]1c1ccccc1)C2O. The lowest BCUT2D eigenvalue weighted by Gasteiger charge is -2.56. The molecule has 1 aromatic rings. The molecule has 1 amide bonds. The third-order valence-corrected chi connectivity index (χ3v) is 8.83. The van der Waals surface area contributed by atoms with Crippen LogP contribution in [0.25, 0.3) is 0 Å². The summed E-state index contributed by atoms with van der Waals surface area (Å²) < 4.78 is 0. The van der Waals surface area contributed by atoms with E-state index in [1.807, 2.05) is 30.3 Å². The van der Waals surface area contributed by atoms with Crippen LogP contribution in [0.15, 0.2) is 30.3 Å². The second-order valence-corrected chi connectivity index (χ2v) is 10.3. The van der Waals surface area contributed by atoms with Crippen molar-refractivity contribution in [1.29, 1.82) is 0 Å². The molecule has 7 nitrogen and oxygen atoms in total. The zero-order chi connectivity index (χ0) is 22.7. The van der Waals surface area contributed by atoms with E-state index < -0.39 is 53.7 Å². The highest BCUT2D eigenvalue weighted by atomic mass is 16.3.